The molecule has 1 aromatic carbocycles. The van der Waals surface area contributed by atoms with Crippen LogP contribution < -0.4 is 5.32 Å². The normalized spacial score (nSPS) is 17.0. The standard InChI is InChI=1S/C18H19ClN4O/c1-12-21-22-18-9-6-15(11-23(12)18)20-10-16-7-8-17(24-16)13-2-4-14(19)5-3-13/h2-5,7-8,15,20H,6,9-11H2,1H3/t15-/m1/s1. The highest BCUT2D eigenvalue weighted by molar-refractivity contribution is 6.30. The Morgan fingerprint density at radius 2 is 2.04 bits per heavy atom. The monoisotopic (exact) mass is 342 g/mol. The number of nitrogens with zero attached hydrogens (tertiary/aromatic N) is 3. The lowest BCUT2D eigenvalue weighted by Crippen LogP contribution is -2.37. The van der Waals surface area contributed by atoms with E-state index in [1.165, 1.54) is 0 Å². The first-order valence-electron chi connectivity index (χ1n) is 8.16. The van der Waals surface area contributed by atoms with Crippen LogP contribution in [0, 0.1) is 6.92 Å². The van der Waals surface area contributed by atoms with Crippen LogP contribution in [-0.2, 0) is 19.5 Å². The number of halogens is 1. The van der Waals surface area contributed by atoms with Crippen LogP contribution in [0.25, 0.3) is 11.3 Å². The largest absolute Gasteiger partial charge is 0.460 e. The van der Waals surface area contributed by atoms with Crippen molar-refractivity contribution in [3.8, 4) is 11.3 Å². The number of fused-ring (bicyclic) bond motifs is 1. The summed E-state index contributed by atoms with van der Waals surface area (Å²) in [5.41, 5.74) is 1.04. The lowest BCUT2D eigenvalue weighted by Gasteiger charge is -2.24. The average molecular weight is 343 g/mol. The maximum Gasteiger partial charge on any atom is 0.134 e. The van der Waals surface area contributed by atoms with Crippen LogP contribution in [0.2, 0.25) is 5.02 Å². The molecule has 0 spiro atoms. The van der Waals surface area contributed by atoms with Crippen molar-refractivity contribution in [2.75, 3.05) is 0 Å². The van der Waals surface area contributed by atoms with Gasteiger partial charge in [-0.05, 0) is 49.7 Å². The van der Waals surface area contributed by atoms with Gasteiger partial charge in [-0.15, -0.1) is 10.2 Å². The number of benzene rings is 1. The zero-order valence-electron chi connectivity index (χ0n) is 13.5. The number of rotatable bonds is 4. The molecule has 6 heteroatoms. The summed E-state index contributed by atoms with van der Waals surface area (Å²) >= 11 is 5.93. The van der Waals surface area contributed by atoms with Crippen molar-refractivity contribution in [1.82, 2.24) is 20.1 Å². The van der Waals surface area contributed by atoms with Crippen LogP contribution in [-0.4, -0.2) is 20.8 Å². The lowest BCUT2D eigenvalue weighted by atomic mass is 10.1. The second-order valence-corrected chi connectivity index (χ2v) is 6.60. The van der Waals surface area contributed by atoms with E-state index in [0.717, 1.165) is 59.7 Å². The number of hydrogen-bond donors (Lipinski definition) is 1. The molecule has 1 atom stereocenters. The van der Waals surface area contributed by atoms with Gasteiger partial charge in [0, 0.05) is 29.6 Å². The predicted molar refractivity (Wildman–Crippen MR) is 92.9 cm³/mol. The summed E-state index contributed by atoms with van der Waals surface area (Å²) < 4.78 is 8.14. The van der Waals surface area contributed by atoms with Crippen molar-refractivity contribution in [2.24, 2.45) is 0 Å². The second-order valence-electron chi connectivity index (χ2n) is 6.16. The third-order valence-corrected chi connectivity index (χ3v) is 4.74. The highest BCUT2D eigenvalue weighted by Gasteiger charge is 2.21. The molecule has 0 amide bonds. The summed E-state index contributed by atoms with van der Waals surface area (Å²) in [6, 6.07) is 12.1. The van der Waals surface area contributed by atoms with Gasteiger partial charge in [-0.1, -0.05) is 11.6 Å². The Labute approximate surface area is 145 Å². The fourth-order valence-electron chi connectivity index (χ4n) is 3.12. The van der Waals surface area contributed by atoms with E-state index in [0.29, 0.717) is 6.04 Å². The molecule has 0 aliphatic carbocycles. The van der Waals surface area contributed by atoms with Crippen molar-refractivity contribution >= 4 is 11.6 Å². The summed E-state index contributed by atoms with van der Waals surface area (Å²) in [7, 11) is 0. The molecule has 0 bridgehead atoms. The zero-order chi connectivity index (χ0) is 16.5. The first-order chi connectivity index (χ1) is 11.7. The van der Waals surface area contributed by atoms with Gasteiger partial charge in [0.15, 0.2) is 0 Å². The van der Waals surface area contributed by atoms with Crippen LogP contribution >= 0.6 is 11.6 Å². The minimum Gasteiger partial charge on any atom is -0.460 e. The number of aryl methyl sites for hydroxylation is 2. The molecular formula is C18H19ClN4O. The molecule has 0 unspecified atom stereocenters. The van der Waals surface area contributed by atoms with Gasteiger partial charge >= 0.3 is 0 Å². The topological polar surface area (TPSA) is 55.9 Å². The van der Waals surface area contributed by atoms with E-state index in [1.54, 1.807) is 0 Å². The number of furan rings is 1. The molecule has 3 heterocycles. The smallest absolute Gasteiger partial charge is 0.134 e. The molecule has 1 aliphatic rings. The van der Waals surface area contributed by atoms with Crippen LogP contribution in [0.15, 0.2) is 40.8 Å². The molecule has 3 aromatic rings. The molecule has 1 N–H and O–H groups in total. The Balaban J connectivity index is 1.39. The van der Waals surface area contributed by atoms with Crippen LogP contribution in [0.1, 0.15) is 23.8 Å². The number of hydrogen-bond acceptors (Lipinski definition) is 4. The van der Waals surface area contributed by atoms with Crippen molar-refractivity contribution in [3.63, 3.8) is 0 Å². The highest BCUT2D eigenvalue weighted by atomic mass is 35.5. The van der Waals surface area contributed by atoms with Crippen molar-refractivity contribution in [2.45, 2.75) is 38.9 Å². The Bertz CT molecular complexity index is 837. The van der Waals surface area contributed by atoms with E-state index in [2.05, 4.69) is 20.1 Å². The van der Waals surface area contributed by atoms with Gasteiger partial charge in [0.25, 0.3) is 0 Å². The van der Waals surface area contributed by atoms with E-state index >= 15 is 0 Å². The molecule has 124 valence electrons. The molecule has 0 saturated heterocycles. The van der Waals surface area contributed by atoms with Crippen molar-refractivity contribution in [1.29, 1.82) is 0 Å². The molecule has 24 heavy (non-hydrogen) atoms. The molecule has 0 fully saturated rings. The zero-order valence-corrected chi connectivity index (χ0v) is 14.3. The van der Waals surface area contributed by atoms with Gasteiger partial charge in [-0.25, -0.2) is 0 Å². The summed E-state index contributed by atoms with van der Waals surface area (Å²) in [6.45, 7) is 3.64. The third-order valence-electron chi connectivity index (χ3n) is 4.49. The fraction of sp³-hybridized carbons (Fsp3) is 0.333. The van der Waals surface area contributed by atoms with Crippen molar-refractivity contribution in [3.05, 3.63) is 58.8 Å². The molecule has 2 aromatic heterocycles. The predicted octanol–water partition coefficient (Wildman–Crippen LogP) is 3.60. The Morgan fingerprint density at radius 3 is 2.88 bits per heavy atom. The second kappa shape index (κ2) is 6.42. The minimum absolute atomic E-state index is 0.413. The van der Waals surface area contributed by atoms with Crippen LogP contribution in [0.5, 0.6) is 0 Å². The van der Waals surface area contributed by atoms with E-state index in [9.17, 15) is 0 Å². The molecule has 0 saturated carbocycles. The Hall–Kier alpha value is -2.11. The van der Waals surface area contributed by atoms with Crippen LogP contribution in [0.3, 0.4) is 0 Å². The van der Waals surface area contributed by atoms with Crippen LogP contribution in [0.4, 0.5) is 0 Å². The van der Waals surface area contributed by atoms with E-state index in [1.807, 2.05) is 43.3 Å². The van der Waals surface area contributed by atoms with E-state index in [-0.39, 0.29) is 0 Å². The fourth-order valence-corrected chi connectivity index (χ4v) is 3.24. The van der Waals surface area contributed by atoms with Gasteiger partial charge in [0.2, 0.25) is 0 Å². The first-order valence-corrected chi connectivity index (χ1v) is 8.53. The lowest BCUT2D eigenvalue weighted by molar-refractivity contribution is 0.360. The number of aromatic nitrogens is 3. The molecule has 0 radical (unpaired) electrons. The Morgan fingerprint density at radius 1 is 1.21 bits per heavy atom. The van der Waals surface area contributed by atoms with E-state index < -0.39 is 0 Å². The molecule has 4 rings (SSSR count). The highest BCUT2D eigenvalue weighted by Crippen LogP contribution is 2.24. The van der Waals surface area contributed by atoms with Gasteiger partial charge < -0.3 is 14.3 Å². The maximum absolute atomic E-state index is 5.94. The van der Waals surface area contributed by atoms with Gasteiger partial charge in [0.1, 0.15) is 23.2 Å². The van der Waals surface area contributed by atoms with Gasteiger partial charge in [-0.2, -0.15) is 0 Å². The van der Waals surface area contributed by atoms with Crippen molar-refractivity contribution < 1.29 is 4.42 Å². The quantitative estimate of drug-likeness (QED) is 0.787. The van der Waals surface area contributed by atoms with Gasteiger partial charge in [0.05, 0.1) is 6.54 Å². The Kier molecular flexibility index (Phi) is 4.12. The molecule has 1 aliphatic heterocycles. The maximum atomic E-state index is 5.94. The van der Waals surface area contributed by atoms with Gasteiger partial charge in [-0.3, -0.25) is 0 Å². The molecule has 5 nitrogen and oxygen atoms in total. The summed E-state index contributed by atoms with van der Waals surface area (Å²) in [6.07, 6.45) is 2.04. The summed E-state index contributed by atoms with van der Waals surface area (Å²) in [4.78, 5) is 0. The SMILES string of the molecule is Cc1nnc2n1C[C@H](NCc1ccc(-c3ccc(Cl)cc3)o1)CC2. The summed E-state index contributed by atoms with van der Waals surface area (Å²) in [5.74, 6) is 3.88. The third kappa shape index (κ3) is 3.09. The summed E-state index contributed by atoms with van der Waals surface area (Å²) in [5, 5.41) is 12.7. The average Bonchev–Trinajstić information content (AvgIpc) is 3.21. The minimum atomic E-state index is 0.413. The number of nitrogens with one attached hydrogen (secondary N) is 1. The molecular weight excluding hydrogens is 324 g/mol. The first kappa shape index (κ1) is 15.4. The van der Waals surface area contributed by atoms with E-state index in [4.69, 9.17) is 16.0 Å².